The minimum atomic E-state index is -3.05. The van der Waals surface area contributed by atoms with E-state index in [9.17, 15) is 0 Å². The van der Waals surface area contributed by atoms with Crippen molar-refractivity contribution in [1.82, 2.24) is 4.75 Å². The van der Waals surface area contributed by atoms with E-state index < -0.39 is 24.8 Å². The topological polar surface area (TPSA) is 158 Å². The van der Waals surface area contributed by atoms with Crippen LogP contribution in [0.25, 0.3) is 21.5 Å². The van der Waals surface area contributed by atoms with E-state index >= 15 is 0 Å². The van der Waals surface area contributed by atoms with E-state index in [-0.39, 0.29) is 0 Å². The Balaban J connectivity index is 1.03. The van der Waals surface area contributed by atoms with Crippen molar-refractivity contribution < 1.29 is 37.9 Å². The molecule has 12 aromatic carbocycles. The second-order valence-corrected chi connectivity index (χ2v) is 38.7. The Morgan fingerprint density at radius 3 is 0.602 bits per heavy atom. The van der Waals surface area contributed by atoms with E-state index in [1.54, 1.807) is 151 Å². The number of aromatic nitrogens is 2. The summed E-state index contributed by atoms with van der Waals surface area (Å²) in [5.74, 6) is 9.39. The van der Waals surface area contributed by atoms with E-state index in [1.807, 2.05) is 97.1 Å². The van der Waals surface area contributed by atoms with E-state index in [1.165, 1.54) is 0 Å². The Morgan fingerprint density at radius 1 is 0.204 bits per heavy atom. The number of ether oxygens (including phenoxy) is 8. The van der Waals surface area contributed by atoms with Crippen molar-refractivity contribution >= 4 is 175 Å². The molecule has 0 aliphatic carbocycles. The zero-order chi connectivity index (χ0) is 76.8. The number of methoxy groups -OCH3 is 8. The van der Waals surface area contributed by atoms with Crippen molar-refractivity contribution in [3.8, 4) is 46.0 Å². The molecule has 4 aliphatic rings. The van der Waals surface area contributed by atoms with Gasteiger partial charge in [-0.1, -0.05) is 0 Å². The molecule has 4 aliphatic heterocycles. The summed E-state index contributed by atoms with van der Waals surface area (Å²) in [6, 6.07) is 83.4. The summed E-state index contributed by atoms with van der Waals surface area (Å²) in [5, 5.41) is 3.56. The molecule has 0 fully saturated rings. The van der Waals surface area contributed by atoms with Gasteiger partial charge in [-0.3, -0.25) is 0 Å². The third kappa shape index (κ3) is 14.9. The third-order valence-corrected chi connectivity index (χ3v) is 32.3. The van der Waals surface area contributed by atoms with Crippen LogP contribution in [0.15, 0.2) is 351 Å². The summed E-state index contributed by atoms with van der Waals surface area (Å²) in [6.45, 7) is 0. The molecule has 113 heavy (non-hydrogen) atoms. The van der Waals surface area contributed by atoms with Crippen LogP contribution in [0.4, 0.5) is 11.6 Å². The Hall–Kier alpha value is -9.88. The second-order valence-electron chi connectivity index (χ2n) is 25.5. The molecule has 2 aromatic heterocycles. The predicted molar refractivity (Wildman–Crippen MR) is 458 cm³/mol. The SMILES string of the molecule is COc1ccc(Sc2ccc(Sc3ccc(OC)cc3)c3c2C2=NC3=Nc3c4c(Sc5ccc(OC)cc5)ccc(Sc5ccc(OC)cc5)c4c4[n]3[Pb+2][n]3c(c5c(Sc6ccc(OC)cc6)ccc(Sc6ccc(OC)cc6)c5c3=NC3=NC(=N4)c4c(Sc5ccc(OC)cc5)ccc(Sc5ccc(OC)cc5)c43)=N2)cc1. The predicted octanol–water partition coefficient (Wildman–Crippen LogP) is 21.7. The fourth-order valence-electron chi connectivity index (χ4n) is 13.4. The van der Waals surface area contributed by atoms with Crippen LogP contribution in [-0.4, -0.2) is 110 Å². The third-order valence-electron chi connectivity index (χ3n) is 18.9. The number of hydrogen-bond acceptors (Lipinski definition) is 22. The molecule has 0 amide bonds. The van der Waals surface area contributed by atoms with Gasteiger partial charge in [-0.2, -0.15) is 0 Å². The number of amidine groups is 4. The molecule has 0 radical (unpaired) electrons. The van der Waals surface area contributed by atoms with Crippen LogP contribution in [0.5, 0.6) is 46.0 Å². The van der Waals surface area contributed by atoms with Gasteiger partial charge in [0.05, 0.1) is 28.4 Å². The van der Waals surface area contributed by atoms with Crippen LogP contribution in [0, 0.1) is 0 Å². The van der Waals surface area contributed by atoms with Crippen molar-refractivity contribution in [3.05, 3.63) is 276 Å². The number of aliphatic imine (C=N–C) groups is 4. The maximum atomic E-state index is 6.23. The molecule has 14 aromatic rings. The fraction of sp³-hybridized carbons (Fsp3) is 0.0909. The number of nitrogens with zero attached hydrogens (tertiary/aromatic N) is 8. The molecule has 0 atom stereocenters. The van der Waals surface area contributed by atoms with E-state index in [2.05, 4.69) is 150 Å². The first-order valence-electron chi connectivity index (χ1n) is 35.4. The Labute approximate surface area is 698 Å². The minimum absolute atomic E-state index is 0.499. The summed E-state index contributed by atoms with van der Waals surface area (Å²) in [5.41, 5.74) is 4.71. The van der Waals surface area contributed by atoms with Gasteiger partial charge < -0.3 is 0 Å². The van der Waals surface area contributed by atoms with Crippen molar-refractivity contribution in [2.75, 3.05) is 56.9 Å². The van der Waals surface area contributed by atoms with Crippen LogP contribution < -0.4 is 48.9 Å². The molecule has 0 spiro atoms. The van der Waals surface area contributed by atoms with Gasteiger partial charge >= 0.3 is 677 Å². The number of benzene rings is 12. The second kappa shape index (κ2) is 32.5. The van der Waals surface area contributed by atoms with Gasteiger partial charge in [-0.25, -0.2) is 0 Å². The monoisotopic (exact) mass is 1820 g/mol. The quantitative estimate of drug-likeness (QED) is 0.0526. The molecule has 6 bridgehead atoms. The zero-order valence-electron chi connectivity index (χ0n) is 61.7. The summed E-state index contributed by atoms with van der Waals surface area (Å²) < 4.78 is 50.9. The first-order chi connectivity index (χ1) is 55.5. The molecule has 18 rings (SSSR count). The molecule has 6 heterocycles. The molecule has 25 heteroatoms. The van der Waals surface area contributed by atoms with E-state index in [0.717, 1.165) is 168 Å². The first-order valence-corrected chi connectivity index (χ1v) is 45.4. The van der Waals surface area contributed by atoms with Gasteiger partial charge in [0.15, 0.2) is 0 Å². The van der Waals surface area contributed by atoms with Crippen LogP contribution in [0.1, 0.15) is 22.3 Å². The van der Waals surface area contributed by atoms with Crippen molar-refractivity contribution in [2.45, 2.75) is 78.3 Å². The van der Waals surface area contributed by atoms with E-state index in [0.29, 0.717) is 46.0 Å². The van der Waals surface area contributed by atoms with Crippen LogP contribution in [-0.2, 0) is 0 Å². The first kappa shape index (κ1) is 74.5. The standard InChI is InChI=1S/C88H64N8O8S8.Pb/c1-97-49-9-25-57(26-10-49)105-65-41-42-66(106-58-27-11-50(98-2)12-28-58)74-73(65)81-89-82(74)94-84-77-69(109-61-33-17-53(101-5)18-34-61)45-46-70(110-62-35-19-54(102-6)20-36-62)78(77)86(91-84)96-88-80-72(112-64-39-23-56(104-8)24-40-64)48-47-71(111-63-37-21-55(103-7)22-38-63)79(80)87(92-88)95-85-76-68(108-60-31-15-52(100-4)16-32-60)44-43-67(75(76)83(90-85)93-81)107-59-29-13-51(99-3)14-30-59;/h9-48H,1-8H3;/q-2;+4. The molecule has 0 saturated carbocycles. The molecule has 0 unspecified atom stereocenters. The van der Waals surface area contributed by atoms with Crippen molar-refractivity contribution in [3.63, 3.8) is 0 Å². The van der Waals surface area contributed by atoms with Gasteiger partial charge in [0.1, 0.15) is 0 Å². The Kier molecular flexibility index (Phi) is 21.5. The van der Waals surface area contributed by atoms with Crippen LogP contribution >= 0.6 is 94.1 Å². The van der Waals surface area contributed by atoms with Crippen molar-refractivity contribution in [1.29, 1.82) is 0 Å². The van der Waals surface area contributed by atoms with Gasteiger partial charge in [0, 0.05) is 0 Å². The zero-order valence-corrected chi connectivity index (χ0v) is 72.1. The number of fused-ring (bicyclic) bond motifs is 14. The summed E-state index contributed by atoms with van der Waals surface area (Å²) in [7, 11) is 13.5. The van der Waals surface area contributed by atoms with Gasteiger partial charge in [0.25, 0.3) is 0 Å². The van der Waals surface area contributed by atoms with Gasteiger partial charge in [-0.15, -0.1) is 0 Å². The summed E-state index contributed by atoms with van der Waals surface area (Å²) in [4.78, 5) is 52.3. The Bertz CT molecular complexity index is 5970. The van der Waals surface area contributed by atoms with Crippen LogP contribution in [0.3, 0.4) is 0 Å². The average molecular weight is 1830 g/mol. The number of hydrogen-bond donors (Lipinski definition) is 0. The Morgan fingerprint density at radius 2 is 0.389 bits per heavy atom. The molecule has 0 N–H and O–H groups in total. The molecule has 16 nitrogen and oxygen atoms in total. The molecular weight excluding hydrogens is 1760 g/mol. The van der Waals surface area contributed by atoms with E-state index in [4.69, 9.17) is 67.8 Å². The molecule has 554 valence electrons. The summed E-state index contributed by atoms with van der Waals surface area (Å²) in [6.07, 6.45) is 0. The normalized spacial score (nSPS) is 12.7. The van der Waals surface area contributed by atoms with Gasteiger partial charge in [0.2, 0.25) is 0 Å². The maximum absolute atomic E-state index is 6.23. The van der Waals surface area contributed by atoms with Crippen molar-refractivity contribution in [2.24, 2.45) is 30.0 Å². The fourth-order valence-corrected chi connectivity index (χ4v) is 25.8. The molecule has 0 saturated heterocycles. The van der Waals surface area contributed by atoms with Gasteiger partial charge in [-0.05, 0) is 0 Å². The summed E-state index contributed by atoms with van der Waals surface area (Å²) >= 11 is 10.2. The van der Waals surface area contributed by atoms with Crippen LogP contribution in [0.2, 0.25) is 0 Å². The number of rotatable bonds is 24. The average Bonchev–Trinajstić information content (AvgIpc) is 1.54. The molecular formula is C88H64N8O8PbS8+2.